The second-order valence-corrected chi connectivity index (χ2v) is 27.9. The number of hydrogen-bond acceptors (Lipinski definition) is 18. The average molecular weight is 1290 g/mol. The van der Waals surface area contributed by atoms with Crippen LogP contribution in [0.2, 0.25) is 10.0 Å². The van der Waals surface area contributed by atoms with Crippen molar-refractivity contribution in [2.75, 3.05) is 88.6 Å². The number of carboxylic acids is 2. The number of halogens is 2. The third kappa shape index (κ3) is 19.6. The number of anilines is 2. The Labute approximate surface area is 495 Å². The molecule has 2 amide bonds. The molecule has 0 aliphatic carbocycles. The largest absolute Gasteiger partial charge is 0.748 e. The molecule has 84 heavy (non-hydrogen) atoms. The summed E-state index contributed by atoms with van der Waals surface area (Å²) in [7, 11) is -15.7. The van der Waals surface area contributed by atoms with Gasteiger partial charge >= 0.3 is 11.9 Å². The quantitative estimate of drug-likeness (QED) is 0.0389. The van der Waals surface area contributed by atoms with Gasteiger partial charge in [-0.1, -0.05) is 23.2 Å². The van der Waals surface area contributed by atoms with Crippen molar-refractivity contribution in [1.82, 2.24) is 0 Å². The molecule has 28 nitrogen and oxygen atoms in total. The van der Waals surface area contributed by atoms with Crippen molar-refractivity contribution in [1.29, 1.82) is 0 Å². The SMILES string of the molecule is CS(=O)(=O)[O-].CS(=O)(=O)[O-].Cc1cc(C(=O)N=C(N)N)cc2c1Oc1c(Cl)cc(NCC[N+]3(CC(=O)O)CCCC3)cc1CS2(=O)=O.Cc1cc(C(=O)N=C(N)N)cc2c1Oc1c(Cl)cc(NCC[N+]3(CC(=O)O)CCCC3)cc1CS2(=O)=O. The first kappa shape index (κ1) is 67.9. The number of carbonyl (C=O) groups excluding carboxylic acids is 2. The van der Waals surface area contributed by atoms with Crippen LogP contribution in [0.15, 0.2) is 68.3 Å². The number of aliphatic carboxylic acids is 2. The second-order valence-electron chi connectivity index (χ2n) is 20.3. The van der Waals surface area contributed by atoms with Crippen LogP contribution in [0.1, 0.15) is 68.7 Å². The van der Waals surface area contributed by atoms with Crippen LogP contribution >= 0.6 is 23.2 Å². The Morgan fingerprint density at radius 3 is 1.18 bits per heavy atom. The highest BCUT2D eigenvalue weighted by molar-refractivity contribution is 7.91. The van der Waals surface area contributed by atoms with E-state index >= 15 is 0 Å². The van der Waals surface area contributed by atoms with Gasteiger partial charge in [-0.05, 0) is 73.5 Å². The van der Waals surface area contributed by atoms with Gasteiger partial charge in [0.15, 0.2) is 44.7 Å². The monoisotopic (exact) mass is 1290 g/mol. The molecule has 4 aliphatic rings. The summed E-state index contributed by atoms with van der Waals surface area (Å²) in [5.41, 5.74) is 23.9. The maximum atomic E-state index is 13.4. The molecule has 2 saturated heterocycles. The lowest BCUT2D eigenvalue weighted by atomic mass is 10.1. The molecule has 0 spiro atoms. The number of sulfone groups is 2. The van der Waals surface area contributed by atoms with Gasteiger partial charge in [0.25, 0.3) is 11.8 Å². The van der Waals surface area contributed by atoms with Crippen molar-refractivity contribution in [3.05, 3.63) is 92.0 Å². The molecule has 0 aromatic heterocycles. The van der Waals surface area contributed by atoms with Crippen molar-refractivity contribution in [2.24, 2.45) is 32.9 Å². The number of hydrogen-bond donors (Lipinski definition) is 8. The smallest absolute Gasteiger partial charge is 0.359 e. The highest BCUT2D eigenvalue weighted by Gasteiger charge is 2.37. The molecule has 34 heteroatoms. The molecule has 0 atom stereocenters. The topological polar surface area (TPSA) is 463 Å². The third-order valence-electron chi connectivity index (χ3n) is 13.2. The number of guanidine groups is 2. The lowest BCUT2D eigenvalue weighted by Crippen LogP contribution is -2.51. The minimum absolute atomic E-state index is 0.0107. The normalized spacial score (nSPS) is 16.4. The van der Waals surface area contributed by atoms with E-state index in [0.29, 0.717) is 81.3 Å². The van der Waals surface area contributed by atoms with Crippen molar-refractivity contribution in [3.8, 4) is 23.0 Å². The number of aliphatic imine (C=N–C) groups is 2. The number of rotatable bonds is 14. The zero-order valence-corrected chi connectivity index (χ0v) is 50.6. The number of carbonyl (C=O) groups is 4. The molecule has 0 saturated carbocycles. The number of quaternary nitrogens is 2. The second kappa shape index (κ2) is 27.4. The number of amides is 2. The molecule has 4 heterocycles. The van der Waals surface area contributed by atoms with E-state index in [1.807, 2.05) is 0 Å². The van der Waals surface area contributed by atoms with E-state index in [2.05, 4.69) is 20.6 Å². The van der Waals surface area contributed by atoms with Crippen LogP contribution in [0.4, 0.5) is 11.4 Å². The fourth-order valence-corrected chi connectivity index (χ4v) is 13.6. The lowest BCUT2D eigenvalue weighted by Gasteiger charge is -2.32. The standard InChI is InChI=1S/2C24H28ClN5O6S.2CH4O3S/c2*1-14-8-15(23(33)29-24(26)27)10-19-21(14)36-22-16(13-37(19,34)35)9-17(11-18(22)25)28-4-7-30(12-20(31)32)5-2-3-6-30;2*1-5(2,3)4/h2*8-11,28H,2-7,12-13H2,1H3,(H4-,26,27,29,31,32,33);2*1H3,(H,2,3,4). The average Bonchev–Trinajstić information content (AvgIpc) is 2.57. The summed E-state index contributed by atoms with van der Waals surface area (Å²) in [5, 5.41) is 25.6. The maximum Gasteiger partial charge on any atom is 0.359 e. The number of benzene rings is 4. The van der Waals surface area contributed by atoms with E-state index in [1.165, 1.54) is 24.3 Å². The number of carboxylic acid groups (broad SMARTS) is 2. The first-order valence-corrected chi connectivity index (χ1v) is 32.9. The number of aryl methyl sites for hydroxylation is 2. The summed E-state index contributed by atoms with van der Waals surface area (Å²) in [6, 6.07) is 11.9. The number of nitrogens with one attached hydrogen (secondary N) is 2. The minimum Gasteiger partial charge on any atom is -0.748 e. The molecule has 0 bridgehead atoms. The number of likely N-dealkylation sites (tertiary alicyclic amines) is 2. The number of fused-ring (bicyclic) bond motifs is 4. The zero-order valence-electron chi connectivity index (χ0n) is 45.8. The van der Waals surface area contributed by atoms with E-state index < -0.39 is 87.1 Å². The van der Waals surface area contributed by atoms with Gasteiger partial charge < -0.3 is 71.3 Å². The Balaban J connectivity index is 0.000000264. The van der Waals surface area contributed by atoms with Crippen LogP contribution in [-0.2, 0) is 61.0 Å². The predicted molar refractivity (Wildman–Crippen MR) is 309 cm³/mol. The van der Waals surface area contributed by atoms with Crippen molar-refractivity contribution < 1.29 is 90.6 Å². The molecular formula is C50H64Cl2N10O18S4. The molecule has 12 N–H and O–H groups in total. The van der Waals surface area contributed by atoms with E-state index in [4.69, 9.17) is 81.6 Å². The van der Waals surface area contributed by atoms with E-state index in [-0.39, 0.29) is 67.1 Å². The predicted octanol–water partition coefficient (Wildman–Crippen LogP) is 2.82. The summed E-state index contributed by atoms with van der Waals surface area (Å²) < 4.78 is 121. The number of ether oxygens (including phenoxy) is 2. The first-order valence-electron chi connectivity index (χ1n) is 25.2. The minimum atomic E-state index is -3.93. The molecule has 2 fully saturated rings. The summed E-state index contributed by atoms with van der Waals surface area (Å²) in [5.74, 6) is -4.26. The third-order valence-corrected chi connectivity index (χ3v) is 17.1. The van der Waals surface area contributed by atoms with Gasteiger partial charge in [0.1, 0.15) is 32.8 Å². The van der Waals surface area contributed by atoms with Gasteiger partial charge in [-0.15, -0.1) is 0 Å². The maximum absolute atomic E-state index is 13.4. The Hall–Kier alpha value is -6.88. The Morgan fingerprint density at radius 1 is 0.583 bits per heavy atom. The van der Waals surface area contributed by atoms with E-state index in [0.717, 1.165) is 51.9 Å². The number of nitrogens with two attached hydrogens (primary N) is 4. The molecule has 4 aromatic rings. The molecule has 4 aliphatic heterocycles. The molecule has 0 radical (unpaired) electrons. The number of nitrogens with zero attached hydrogens (tertiary/aromatic N) is 4. The lowest BCUT2D eigenvalue weighted by molar-refractivity contribution is -0.908. The van der Waals surface area contributed by atoms with Gasteiger partial charge in [-0.25, -0.2) is 43.3 Å². The van der Waals surface area contributed by atoms with Gasteiger partial charge in [0, 0.05) is 71.8 Å². The fraction of sp³-hybridized carbons (Fsp3) is 0.400. The fourth-order valence-electron chi connectivity index (χ4n) is 9.92. The zero-order chi connectivity index (χ0) is 62.9. The van der Waals surface area contributed by atoms with Crippen LogP contribution in [0.25, 0.3) is 0 Å². The molecule has 460 valence electrons. The van der Waals surface area contributed by atoms with Crippen molar-refractivity contribution in [3.63, 3.8) is 0 Å². The van der Waals surface area contributed by atoms with E-state index in [1.54, 1.807) is 38.1 Å². The van der Waals surface area contributed by atoms with Crippen LogP contribution in [0.5, 0.6) is 23.0 Å². The Bertz CT molecular complexity index is 3490. The summed E-state index contributed by atoms with van der Waals surface area (Å²) in [6.07, 6.45) is 5.18. The van der Waals surface area contributed by atoms with Crippen LogP contribution in [0.3, 0.4) is 0 Å². The summed E-state index contributed by atoms with van der Waals surface area (Å²) >= 11 is 13.1. The van der Waals surface area contributed by atoms with Gasteiger partial charge in [0.2, 0.25) is 0 Å². The van der Waals surface area contributed by atoms with E-state index in [9.17, 15) is 46.2 Å². The highest BCUT2D eigenvalue weighted by atomic mass is 35.5. The highest BCUT2D eigenvalue weighted by Crippen LogP contribution is 2.46. The Kier molecular flexibility index (Phi) is 22.2. The van der Waals surface area contributed by atoms with Crippen LogP contribution < -0.4 is 43.0 Å². The van der Waals surface area contributed by atoms with Gasteiger partial charge in [-0.2, -0.15) is 9.98 Å². The molecular weight excluding hydrogens is 1230 g/mol. The summed E-state index contributed by atoms with van der Waals surface area (Å²) in [6.45, 7) is 8.86. The Morgan fingerprint density at radius 2 is 0.893 bits per heavy atom. The van der Waals surface area contributed by atoms with Crippen LogP contribution in [-0.4, -0.2) is 176 Å². The van der Waals surface area contributed by atoms with Gasteiger partial charge in [0.05, 0.1) is 94.1 Å². The van der Waals surface area contributed by atoms with Crippen LogP contribution in [0, 0.1) is 13.8 Å². The molecule has 4 aromatic carbocycles. The first-order chi connectivity index (χ1) is 38.8. The molecule has 8 rings (SSSR count). The molecule has 0 unspecified atom stereocenters. The van der Waals surface area contributed by atoms with Gasteiger partial charge in [-0.3, -0.25) is 9.59 Å². The van der Waals surface area contributed by atoms with Crippen molar-refractivity contribution >= 4 is 110 Å². The summed E-state index contributed by atoms with van der Waals surface area (Å²) in [4.78, 5) is 54.0. The van der Waals surface area contributed by atoms with Crippen molar-refractivity contribution in [2.45, 2.75) is 60.8 Å².